The molecule has 0 radical (unpaired) electrons. The fourth-order valence-corrected chi connectivity index (χ4v) is 4.96. The van der Waals surface area contributed by atoms with Crippen LogP contribution in [0.1, 0.15) is 28.2 Å². The summed E-state index contributed by atoms with van der Waals surface area (Å²) in [6.45, 7) is 1.95. The Kier molecular flexibility index (Phi) is 3.90. The van der Waals surface area contributed by atoms with Crippen LogP contribution in [0.5, 0.6) is 0 Å². The summed E-state index contributed by atoms with van der Waals surface area (Å²) in [5.74, 6) is -1.83. The van der Waals surface area contributed by atoms with Crippen molar-refractivity contribution in [1.29, 1.82) is 5.26 Å². The quantitative estimate of drug-likeness (QED) is 0.610. The van der Waals surface area contributed by atoms with Crippen molar-refractivity contribution in [3.05, 3.63) is 76.9 Å². The number of nitriles is 1. The summed E-state index contributed by atoms with van der Waals surface area (Å²) >= 11 is 0. The predicted molar refractivity (Wildman–Crippen MR) is 102 cm³/mol. The van der Waals surface area contributed by atoms with Gasteiger partial charge in [-0.05, 0) is 23.6 Å². The molecule has 0 aliphatic heterocycles. The first-order valence-corrected chi connectivity index (χ1v) is 8.95. The molecule has 140 valence electrons. The van der Waals surface area contributed by atoms with Gasteiger partial charge in [-0.25, -0.2) is 0 Å². The van der Waals surface area contributed by atoms with Gasteiger partial charge in [0, 0.05) is 5.92 Å². The van der Waals surface area contributed by atoms with Gasteiger partial charge in [-0.1, -0.05) is 60.2 Å². The Hall–Kier alpha value is -3.39. The van der Waals surface area contributed by atoms with Crippen molar-refractivity contribution >= 4 is 17.5 Å². The molecule has 4 rings (SSSR count). The van der Waals surface area contributed by atoms with E-state index in [1.165, 1.54) is 14.2 Å². The lowest BCUT2D eigenvalue weighted by atomic mass is 9.87. The van der Waals surface area contributed by atoms with Crippen LogP contribution in [-0.2, 0) is 24.5 Å². The number of hydrogen-bond acceptors (Lipinski definition) is 5. The molecule has 1 spiro atoms. The second-order valence-electron chi connectivity index (χ2n) is 7.22. The molecule has 28 heavy (non-hydrogen) atoms. The highest BCUT2D eigenvalue weighted by molar-refractivity contribution is 6.12. The van der Waals surface area contributed by atoms with Gasteiger partial charge in [0.1, 0.15) is 0 Å². The van der Waals surface area contributed by atoms with Crippen molar-refractivity contribution in [1.82, 2.24) is 0 Å². The first kappa shape index (κ1) is 18.0. The molecule has 0 heterocycles. The van der Waals surface area contributed by atoms with Crippen LogP contribution in [-0.4, -0.2) is 26.2 Å². The maximum atomic E-state index is 13.1. The van der Waals surface area contributed by atoms with Crippen molar-refractivity contribution in [2.45, 2.75) is 18.3 Å². The van der Waals surface area contributed by atoms with E-state index in [1.807, 2.05) is 55.5 Å². The largest absolute Gasteiger partial charge is 0.468 e. The van der Waals surface area contributed by atoms with Crippen molar-refractivity contribution < 1.29 is 19.1 Å². The van der Waals surface area contributed by atoms with E-state index in [0.717, 1.165) is 22.3 Å². The van der Waals surface area contributed by atoms with Crippen molar-refractivity contribution in [2.24, 2.45) is 5.41 Å². The Morgan fingerprint density at radius 1 is 1.04 bits per heavy atom. The van der Waals surface area contributed by atoms with Crippen LogP contribution in [0.25, 0.3) is 5.57 Å². The number of fused-ring (bicyclic) bond motifs is 2. The Morgan fingerprint density at radius 3 is 2.32 bits per heavy atom. The summed E-state index contributed by atoms with van der Waals surface area (Å²) in [6, 6.07) is 17.3. The monoisotopic (exact) mass is 373 g/mol. The number of allylic oxidation sites excluding steroid dienone is 2. The normalized spacial score (nSPS) is 23.4. The highest BCUT2D eigenvalue weighted by Gasteiger charge is 2.87. The van der Waals surface area contributed by atoms with Gasteiger partial charge in [-0.2, -0.15) is 5.26 Å². The third kappa shape index (κ3) is 1.95. The molecule has 0 unspecified atom stereocenters. The van der Waals surface area contributed by atoms with Gasteiger partial charge in [-0.3, -0.25) is 9.59 Å². The van der Waals surface area contributed by atoms with Crippen LogP contribution in [0, 0.1) is 23.7 Å². The van der Waals surface area contributed by atoms with Crippen LogP contribution < -0.4 is 0 Å². The number of rotatable bonds is 3. The zero-order chi connectivity index (χ0) is 20.1. The minimum Gasteiger partial charge on any atom is -0.468 e. The number of ether oxygens (including phenoxy) is 2. The molecule has 2 aliphatic carbocycles. The first-order valence-electron chi connectivity index (χ1n) is 8.95. The molecule has 1 fully saturated rings. The van der Waals surface area contributed by atoms with Crippen LogP contribution in [0.3, 0.4) is 0 Å². The smallest absolute Gasteiger partial charge is 0.325 e. The summed E-state index contributed by atoms with van der Waals surface area (Å²) in [5.41, 5.74) is 1.22. The van der Waals surface area contributed by atoms with E-state index in [-0.39, 0.29) is 0 Å². The number of aryl methyl sites for hydroxylation is 1. The summed E-state index contributed by atoms with van der Waals surface area (Å²) in [5, 5.41) is 9.68. The lowest BCUT2D eigenvalue weighted by molar-refractivity contribution is -0.162. The zero-order valence-electron chi connectivity index (χ0n) is 15.9. The summed E-state index contributed by atoms with van der Waals surface area (Å²) in [7, 11) is 2.53. The number of hydrogen-bond donors (Lipinski definition) is 0. The minimum atomic E-state index is -1.57. The SMILES string of the molecule is COC(=O)C1(C(=O)OC)[C@@H](c2cccc(C)c2)[C@]12C=C(C#N)c1ccccc12. The maximum absolute atomic E-state index is 13.1. The molecule has 0 N–H and O–H groups in total. The van der Waals surface area contributed by atoms with Crippen LogP contribution in [0.4, 0.5) is 0 Å². The van der Waals surface area contributed by atoms with Crippen molar-refractivity contribution in [3.63, 3.8) is 0 Å². The number of carbonyl (C=O) groups is 2. The van der Waals surface area contributed by atoms with E-state index in [9.17, 15) is 14.9 Å². The fraction of sp³-hybridized carbons (Fsp3) is 0.261. The Balaban J connectivity index is 2.07. The van der Waals surface area contributed by atoms with Crippen molar-refractivity contribution in [3.8, 4) is 6.07 Å². The van der Waals surface area contributed by atoms with Gasteiger partial charge < -0.3 is 9.47 Å². The van der Waals surface area contributed by atoms with Gasteiger partial charge in [0.2, 0.25) is 0 Å². The number of methoxy groups -OCH3 is 2. The molecule has 0 aromatic heterocycles. The van der Waals surface area contributed by atoms with Crippen LogP contribution in [0.15, 0.2) is 54.6 Å². The van der Waals surface area contributed by atoms with E-state index < -0.39 is 28.7 Å². The Labute approximate surface area is 163 Å². The van der Waals surface area contributed by atoms with Gasteiger partial charge in [0.15, 0.2) is 5.41 Å². The summed E-state index contributed by atoms with van der Waals surface area (Å²) in [6.07, 6.45) is 1.75. The molecule has 2 aromatic carbocycles. The number of nitrogens with zero attached hydrogens (tertiary/aromatic N) is 1. The standard InChI is InChI=1S/C23H19NO4/c1-14-7-6-8-15(11-14)19-22(23(19,20(25)27-2)21(26)28-3)12-16(13-24)17-9-4-5-10-18(17)22/h4-12,19H,1-3H3/t19-,22+/m0/s1. The van der Waals surface area contributed by atoms with E-state index in [4.69, 9.17) is 9.47 Å². The molecule has 2 atom stereocenters. The van der Waals surface area contributed by atoms with E-state index in [0.29, 0.717) is 5.57 Å². The average Bonchev–Trinajstić information content (AvgIpc) is 3.20. The molecule has 5 heteroatoms. The first-order chi connectivity index (χ1) is 13.5. The maximum Gasteiger partial charge on any atom is 0.325 e. The molecule has 2 aliphatic rings. The van der Waals surface area contributed by atoms with E-state index in [2.05, 4.69) is 6.07 Å². The van der Waals surface area contributed by atoms with E-state index >= 15 is 0 Å². The fourth-order valence-electron chi connectivity index (χ4n) is 4.96. The molecule has 0 amide bonds. The second kappa shape index (κ2) is 6.07. The number of carbonyl (C=O) groups excluding carboxylic acids is 2. The summed E-state index contributed by atoms with van der Waals surface area (Å²) < 4.78 is 10.2. The van der Waals surface area contributed by atoms with Crippen LogP contribution in [0.2, 0.25) is 0 Å². The zero-order valence-corrected chi connectivity index (χ0v) is 15.9. The molecule has 0 bridgehead atoms. The second-order valence-corrected chi connectivity index (χ2v) is 7.22. The number of esters is 2. The topological polar surface area (TPSA) is 76.4 Å². The van der Waals surface area contributed by atoms with Gasteiger partial charge in [0.05, 0.1) is 31.3 Å². The molecule has 5 nitrogen and oxygen atoms in total. The highest BCUT2D eigenvalue weighted by atomic mass is 16.5. The molecule has 1 saturated carbocycles. The predicted octanol–water partition coefficient (Wildman–Crippen LogP) is 3.28. The van der Waals surface area contributed by atoms with E-state index in [1.54, 1.807) is 6.08 Å². The Bertz CT molecular complexity index is 1060. The molecular formula is C23H19NO4. The van der Waals surface area contributed by atoms with Crippen LogP contribution >= 0.6 is 0 Å². The number of benzene rings is 2. The molecule has 2 aromatic rings. The lowest BCUT2D eigenvalue weighted by Crippen LogP contribution is -2.35. The van der Waals surface area contributed by atoms with Crippen molar-refractivity contribution in [2.75, 3.05) is 14.2 Å². The Morgan fingerprint density at radius 2 is 1.71 bits per heavy atom. The third-order valence-electron chi connectivity index (χ3n) is 6.00. The molecule has 0 saturated heterocycles. The highest BCUT2D eigenvalue weighted by Crippen LogP contribution is 2.79. The van der Waals surface area contributed by atoms with Gasteiger partial charge in [0.25, 0.3) is 0 Å². The van der Waals surface area contributed by atoms with Gasteiger partial charge in [-0.15, -0.1) is 0 Å². The van der Waals surface area contributed by atoms with Gasteiger partial charge >= 0.3 is 11.9 Å². The molecular weight excluding hydrogens is 354 g/mol. The minimum absolute atomic E-state index is 0.447. The lowest BCUT2D eigenvalue weighted by Gasteiger charge is -2.17. The third-order valence-corrected chi connectivity index (χ3v) is 6.00. The average molecular weight is 373 g/mol. The summed E-state index contributed by atoms with van der Waals surface area (Å²) in [4.78, 5) is 26.2.